The number of hydrogen-bond acceptors (Lipinski definition) is 0. The van der Waals surface area contributed by atoms with Gasteiger partial charge in [0.25, 0.3) is 0 Å². The minimum Gasteiger partial charge on any atom is -0.0654 e. The van der Waals surface area contributed by atoms with Crippen LogP contribution in [0.5, 0.6) is 0 Å². The Labute approximate surface area is 154 Å². The molecule has 0 bridgehead atoms. The molecule has 0 aromatic carbocycles. The summed E-state index contributed by atoms with van der Waals surface area (Å²) in [5.74, 6) is 3.80. The van der Waals surface area contributed by atoms with E-state index in [-0.39, 0.29) is 0 Å². The van der Waals surface area contributed by atoms with E-state index >= 15 is 0 Å². The second-order valence-corrected chi connectivity index (χ2v) is 10.0. The van der Waals surface area contributed by atoms with Crippen LogP contribution in [0.4, 0.5) is 0 Å². The monoisotopic (exact) mass is 336 g/mol. The Balaban J connectivity index is 2.14. The lowest BCUT2D eigenvalue weighted by molar-refractivity contribution is 0.0706. The zero-order valence-electron chi connectivity index (χ0n) is 18.0. The van der Waals surface area contributed by atoms with E-state index in [9.17, 15) is 0 Å². The highest BCUT2D eigenvalue weighted by Gasteiger charge is 2.36. The van der Waals surface area contributed by atoms with E-state index in [1.807, 2.05) is 0 Å². The highest BCUT2D eigenvalue weighted by atomic mass is 14.4. The van der Waals surface area contributed by atoms with E-state index in [1.54, 1.807) is 0 Å². The van der Waals surface area contributed by atoms with Gasteiger partial charge in [0.1, 0.15) is 0 Å². The van der Waals surface area contributed by atoms with E-state index in [0.29, 0.717) is 5.41 Å². The number of hydrogen-bond donors (Lipinski definition) is 0. The van der Waals surface area contributed by atoms with Crippen LogP contribution in [0.2, 0.25) is 0 Å². The van der Waals surface area contributed by atoms with Gasteiger partial charge in [-0.15, -0.1) is 0 Å². The molecule has 0 saturated heterocycles. The predicted molar refractivity (Wildman–Crippen MR) is 110 cm³/mol. The third-order valence-electron chi connectivity index (χ3n) is 7.09. The average molecular weight is 337 g/mol. The van der Waals surface area contributed by atoms with Gasteiger partial charge in [0.15, 0.2) is 0 Å². The zero-order chi connectivity index (χ0) is 18.0. The smallest absolute Gasteiger partial charge is 0.0323 e. The number of rotatable bonds is 12. The van der Waals surface area contributed by atoms with Gasteiger partial charge in [-0.3, -0.25) is 0 Å². The molecule has 0 aromatic heterocycles. The predicted octanol–water partition coefficient (Wildman–Crippen LogP) is 8.64. The SMILES string of the molecule is CCCCCCC(C)CCCC(C)CCC1C(C)CCCC1(C)C. The molecule has 1 rings (SSSR count). The standard InChI is InChI=1S/C24H48/c1-7-8-9-10-13-20(2)14-11-15-21(3)17-18-23-22(4)16-12-19-24(23,5)6/h20-23H,7-19H2,1-6H3. The van der Waals surface area contributed by atoms with Crippen molar-refractivity contribution in [3.63, 3.8) is 0 Å². The average Bonchev–Trinajstić information content (AvgIpc) is 2.50. The molecule has 1 aliphatic rings. The van der Waals surface area contributed by atoms with Gasteiger partial charge in [-0.05, 0) is 41.9 Å². The summed E-state index contributed by atoms with van der Waals surface area (Å²) in [6.07, 6.45) is 18.9. The third-order valence-corrected chi connectivity index (χ3v) is 7.09. The summed E-state index contributed by atoms with van der Waals surface area (Å²) in [5.41, 5.74) is 0.588. The molecule has 0 aromatic rings. The first kappa shape index (κ1) is 22.0. The Hall–Kier alpha value is 0. The van der Waals surface area contributed by atoms with Crippen molar-refractivity contribution in [2.24, 2.45) is 29.1 Å². The molecule has 1 aliphatic carbocycles. The van der Waals surface area contributed by atoms with Crippen LogP contribution >= 0.6 is 0 Å². The van der Waals surface area contributed by atoms with Crippen molar-refractivity contribution in [1.29, 1.82) is 0 Å². The summed E-state index contributed by atoms with van der Waals surface area (Å²) < 4.78 is 0. The first-order valence-corrected chi connectivity index (χ1v) is 11.4. The van der Waals surface area contributed by atoms with E-state index in [1.165, 1.54) is 83.5 Å². The molecule has 0 aliphatic heterocycles. The topological polar surface area (TPSA) is 0 Å². The molecule has 1 saturated carbocycles. The van der Waals surface area contributed by atoms with Gasteiger partial charge in [0.05, 0.1) is 0 Å². The Morgan fingerprint density at radius 1 is 0.875 bits per heavy atom. The van der Waals surface area contributed by atoms with Gasteiger partial charge >= 0.3 is 0 Å². The highest BCUT2D eigenvalue weighted by Crippen LogP contribution is 2.46. The van der Waals surface area contributed by atoms with E-state index in [2.05, 4.69) is 41.5 Å². The first-order chi connectivity index (χ1) is 11.4. The summed E-state index contributed by atoms with van der Waals surface area (Å²) in [4.78, 5) is 0. The molecule has 144 valence electrons. The van der Waals surface area contributed by atoms with Gasteiger partial charge in [0.2, 0.25) is 0 Å². The van der Waals surface area contributed by atoms with Crippen molar-refractivity contribution in [3.8, 4) is 0 Å². The molecule has 24 heavy (non-hydrogen) atoms. The molecular weight excluding hydrogens is 288 g/mol. The lowest BCUT2D eigenvalue weighted by Crippen LogP contribution is -2.33. The van der Waals surface area contributed by atoms with Crippen LogP contribution < -0.4 is 0 Å². The van der Waals surface area contributed by atoms with Crippen molar-refractivity contribution >= 4 is 0 Å². The largest absolute Gasteiger partial charge is 0.0654 e. The molecule has 4 unspecified atom stereocenters. The van der Waals surface area contributed by atoms with Crippen molar-refractivity contribution in [3.05, 3.63) is 0 Å². The third kappa shape index (κ3) is 8.39. The molecule has 0 radical (unpaired) electrons. The normalized spacial score (nSPS) is 26.2. The van der Waals surface area contributed by atoms with Gasteiger partial charge in [0, 0.05) is 0 Å². The molecular formula is C24H48. The summed E-state index contributed by atoms with van der Waals surface area (Å²) >= 11 is 0. The Morgan fingerprint density at radius 2 is 1.50 bits per heavy atom. The maximum Gasteiger partial charge on any atom is -0.0323 e. The van der Waals surface area contributed by atoms with Gasteiger partial charge in [-0.2, -0.15) is 0 Å². The van der Waals surface area contributed by atoms with Crippen LogP contribution in [0.3, 0.4) is 0 Å². The molecule has 0 N–H and O–H groups in total. The molecule has 0 heteroatoms. The second-order valence-electron chi connectivity index (χ2n) is 10.0. The maximum atomic E-state index is 2.53. The molecule has 1 fully saturated rings. The fraction of sp³-hybridized carbons (Fsp3) is 1.00. The van der Waals surface area contributed by atoms with Crippen LogP contribution in [0.1, 0.15) is 125 Å². The molecule has 0 spiro atoms. The van der Waals surface area contributed by atoms with E-state index in [4.69, 9.17) is 0 Å². The van der Waals surface area contributed by atoms with Gasteiger partial charge < -0.3 is 0 Å². The van der Waals surface area contributed by atoms with E-state index in [0.717, 1.165) is 23.7 Å². The van der Waals surface area contributed by atoms with Crippen LogP contribution in [0.25, 0.3) is 0 Å². The van der Waals surface area contributed by atoms with Crippen molar-refractivity contribution < 1.29 is 0 Å². The summed E-state index contributed by atoms with van der Waals surface area (Å²) in [5, 5.41) is 0. The maximum absolute atomic E-state index is 2.53. The summed E-state index contributed by atoms with van der Waals surface area (Å²) in [6, 6.07) is 0. The van der Waals surface area contributed by atoms with Crippen molar-refractivity contribution in [2.45, 2.75) is 125 Å². The highest BCUT2D eigenvalue weighted by molar-refractivity contribution is 4.86. The molecule has 0 heterocycles. The Kier molecular flexibility index (Phi) is 10.6. The Morgan fingerprint density at radius 3 is 2.12 bits per heavy atom. The fourth-order valence-corrected chi connectivity index (χ4v) is 5.20. The number of unbranched alkanes of at least 4 members (excludes halogenated alkanes) is 3. The first-order valence-electron chi connectivity index (χ1n) is 11.4. The van der Waals surface area contributed by atoms with Crippen molar-refractivity contribution in [1.82, 2.24) is 0 Å². The van der Waals surface area contributed by atoms with Crippen LogP contribution in [0, 0.1) is 29.1 Å². The van der Waals surface area contributed by atoms with Crippen LogP contribution in [-0.4, -0.2) is 0 Å². The zero-order valence-corrected chi connectivity index (χ0v) is 18.0. The van der Waals surface area contributed by atoms with E-state index < -0.39 is 0 Å². The molecule has 0 nitrogen and oxygen atoms in total. The van der Waals surface area contributed by atoms with Crippen LogP contribution in [0.15, 0.2) is 0 Å². The fourth-order valence-electron chi connectivity index (χ4n) is 5.20. The van der Waals surface area contributed by atoms with Gasteiger partial charge in [-0.25, -0.2) is 0 Å². The summed E-state index contributed by atoms with van der Waals surface area (Å²) in [6.45, 7) is 14.8. The lowest BCUT2D eigenvalue weighted by Gasteiger charge is -2.43. The summed E-state index contributed by atoms with van der Waals surface area (Å²) in [7, 11) is 0. The Bertz CT molecular complexity index is 303. The molecule has 0 amide bonds. The minimum absolute atomic E-state index is 0.588. The van der Waals surface area contributed by atoms with Crippen LogP contribution in [-0.2, 0) is 0 Å². The van der Waals surface area contributed by atoms with Gasteiger partial charge in [-0.1, -0.05) is 112 Å². The molecule has 4 atom stereocenters. The minimum atomic E-state index is 0.588. The lowest BCUT2D eigenvalue weighted by atomic mass is 9.62. The second kappa shape index (κ2) is 11.6. The van der Waals surface area contributed by atoms with Crippen molar-refractivity contribution in [2.75, 3.05) is 0 Å². The quantitative estimate of drug-likeness (QED) is 0.313.